The summed E-state index contributed by atoms with van der Waals surface area (Å²) in [5.74, 6) is -0.331. The minimum absolute atomic E-state index is 0.331. The van der Waals surface area contributed by atoms with Gasteiger partial charge in [0.05, 0.1) is 6.04 Å². The zero-order valence-electron chi connectivity index (χ0n) is 5.63. The molecule has 0 heterocycles. The molecule has 1 amide bonds. The Bertz CT molecular complexity index is 164. The Hall–Kier alpha value is -1.32. The fourth-order valence-corrected chi connectivity index (χ4v) is 0.433. The first-order valence-corrected chi connectivity index (χ1v) is 2.73. The molecule has 1 atom stereocenters. The van der Waals surface area contributed by atoms with Crippen molar-refractivity contribution in [1.82, 2.24) is 5.32 Å². The second kappa shape index (κ2) is 3.66. The van der Waals surface area contributed by atoms with Crippen LogP contribution in [-0.2, 0) is 4.79 Å². The number of nitrogens with one attached hydrogen (secondary N) is 1. The third-order valence-corrected chi connectivity index (χ3v) is 0.968. The molecule has 1 unspecified atom stereocenters. The van der Waals surface area contributed by atoms with Crippen LogP contribution in [0, 0.1) is 0 Å². The lowest BCUT2D eigenvalue weighted by Crippen LogP contribution is -2.36. The van der Waals surface area contributed by atoms with Crippen molar-refractivity contribution in [2.45, 2.75) is 13.0 Å². The molecule has 0 aromatic heterocycles. The van der Waals surface area contributed by atoms with Crippen molar-refractivity contribution in [3.63, 3.8) is 0 Å². The summed E-state index contributed by atoms with van der Waals surface area (Å²) in [5, 5.41) is 10.1. The highest BCUT2D eigenvalue weighted by atomic mass is 16.4. The zero-order chi connectivity index (χ0) is 8.15. The predicted octanol–water partition coefficient (Wildman–Crippen LogP) is 0.398. The van der Waals surface area contributed by atoms with Gasteiger partial charge < -0.3 is 10.4 Å². The number of hydrogen-bond donors (Lipinski definition) is 2. The number of rotatable bonds is 3. The van der Waals surface area contributed by atoms with Gasteiger partial charge in [-0.05, 0) is 13.0 Å². The molecule has 0 fully saturated rings. The van der Waals surface area contributed by atoms with E-state index >= 15 is 0 Å². The molecule has 0 aromatic rings. The standard InChI is InChI=1S/C6H9NO3/c1-3-5(8)4(2)7-6(9)10/h3-4,7H,1H2,2H3,(H,9,10). The monoisotopic (exact) mass is 143 g/mol. The Morgan fingerprint density at radius 3 is 2.50 bits per heavy atom. The topological polar surface area (TPSA) is 66.4 Å². The Kier molecular flexibility index (Phi) is 3.17. The third-order valence-electron chi connectivity index (χ3n) is 0.968. The summed E-state index contributed by atoms with van der Waals surface area (Å²) >= 11 is 0. The molecule has 0 spiro atoms. The highest BCUT2D eigenvalue weighted by Crippen LogP contribution is 1.84. The first-order chi connectivity index (χ1) is 4.57. The van der Waals surface area contributed by atoms with E-state index in [1.807, 2.05) is 5.32 Å². The second-order valence-corrected chi connectivity index (χ2v) is 1.78. The molecule has 56 valence electrons. The van der Waals surface area contributed by atoms with Crippen molar-refractivity contribution in [2.75, 3.05) is 0 Å². The Morgan fingerprint density at radius 1 is 1.70 bits per heavy atom. The first kappa shape index (κ1) is 8.68. The van der Waals surface area contributed by atoms with E-state index in [0.29, 0.717) is 0 Å². The van der Waals surface area contributed by atoms with Gasteiger partial charge in [0.15, 0.2) is 5.78 Å². The fourth-order valence-electron chi connectivity index (χ4n) is 0.433. The average molecular weight is 143 g/mol. The molecule has 4 heteroatoms. The van der Waals surface area contributed by atoms with E-state index in [2.05, 4.69) is 6.58 Å². The molecule has 0 aliphatic carbocycles. The first-order valence-electron chi connectivity index (χ1n) is 2.73. The van der Waals surface area contributed by atoms with E-state index in [1.165, 1.54) is 6.92 Å². The Balaban J connectivity index is 3.84. The molecule has 4 nitrogen and oxygen atoms in total. The van der Waals surface area contributed by atoms with E-state index in [-0.39, 0.29) is 5.78 Å². The molecule has 0 aliphatic rings. The second-order valence-electron chi connectivity index (χ2n) is 1.78. The van der Waals surface area contributed by atoms with Crippen LogP contribution in [0.4, 0.5) is 4.79 Å². The van der Waals surface area contributed by atoms with Gasteiger partial charge in [0.25, 0.3) is 0 Å². The van der Waals surface area contributed by atoms with E-state index in [1.54, 1.807) is 0 Å². The molecule has 0 aliphatic heterocycles. The van der Waals surface area contributed by atoms with Crippen LogP contribution in [0.15, 0.2) is 12.7 Å². The number of ketones is 1. The number of carbonyl (C=O) groups excluding carboxylic acids is 1. The van der Waals surface area contributed by atoms with E-state index < -0.39 is 12.1 Å². The summed E-state index contributed by atoms with van der Waals surface area (Å²) in [6.45, 7) is 4.66. The summed E-state index contributed by atoms with van der Waals surface area (Å²) < 4.78 is 0. The summed E-state index contributed by atoms with van der Waals surface area (Å²) in [5.41, 5.74) is 0. The van der Waals surface area contributed by atoms with Gasteiger partial charge in [0.2, 0.25) is 0 Å². The van der Waals surface area contributed by atoms with E-state index in [0.717, 1.165) is 6.08 Å². The summed E-state index contributed by atoms with van der Waals surface area (Å²) in [7, 11) is 0. The maximum atomic E-state index is 10.6. The van der Waals surface area contributed by atoms with Crippen LogP contribution in [0.2, 0.25) is 0 Å². The summed E-state index contributed by atoms with van der Waals surface area (Å²) in [6, 6.07) is -0.699. The SMILES string of the molecule is C=CC(=O)C(C)NC(=O)O. The summed E-state index contributed by atoms with van der Waals surface area (Å²) in [4.78, 5) is 20.5. The highest BCUT2D eigenvalue weighted by Gasteiger charge is 2.10. The normalized spacial score (nSPS) is 11.7. The minimum Gasteiger partial charge on any atom is -0.465 e. The summed E-state index contributed by atoms with van der Waals surface area (Å²) in [6.07, 6.45) is -0.122. The van der Waals surface area contributed by atoms with Gasteiger partial charge in [0.1, 0.15) is 0 Å². The maximum absolute atomic E-state index is 10.6. The largest absolute Gasteiger partial charge is 0.465 e. The fraction of sp³-hybridized carbons (Fsp3) is 0.333. The van der Waals surface area contributed by atoms with Crippen LogP contribution in [-0.4, -0.2) is 23.0 Å². The van der Waals surface area contributed by atoms with Crippen LogP contribution >= 0.6 is 0 Å². The van der Waals surface area contributed by atoms with Gasteiger partial charge in [-0.3, -0.25) is 4.79 Å². The predicted molar refractivity (Wildman–Crippen MR) is 35.8 cm³/mol. The lowest BCUT2D eigenvalue weighted by molar-refractivity contribution is -0.116. The third kappa shape index (κ3) is 2.86. The van der Waals surface area contributed by atoms with Crippen molar-refractivity contribution in [3.8, 4) is 0 Å². The molecule has 0 saturated heterocycles. The molecular weight excluding hydrogens is 134 g/mol. The smallest absolute Gasteiger partial charge is 0.405 e. The van der Waals surface area contributed by atoms with Gasteiger partial charge in [-0.25, -0.2) is 4.79 Å². The van der Waals surface area contributed by atoms with Crippen molar-refractivity contribution in [3.05, 3.63) is 12.7 Å². The van der Waals surface area contributed by atoms with Gasteiger partial charge in [-0.15, -0.1) is 0 Å². The lowest BCUT2D eigenvalue weighted by Gasteiger charge is -2.05. The number of carbonyl (C=O) groups is 2. The van der Waals surface area contributed by atoms with Gasteiger partial charge in [-0.2, -0.15) is 0 Å². The lowest BCUT2D eigenvalue weighted by atomic mass is 10.2. The van der Waals surface area contributed by atoms with Crippen LogP contribution in [0.25, 0.3) is 0 Å². The van der Waals surface area contributed by atoms with Gasteiger partial charge in [-0.1, -0.05) is 6.58 Å². The zero-order valence-corrected chi connectivity index (χ0v) is 5.63. The average Bonchev–Trinajstić information content (AvgIpc) is 1.85. The Labute approximate surface area is 58.5 Å². The molecule has 10 heavy (non-hydrogen) atoms. The molecule has 0 bridgehead atoms. The quantitative estimate of drug-likeness (QED) is 0.562. The van der Waals surface area contributed by atoms with E-state index in [4.69, 9.17) is 5.11 Å². The molecule has 0 radical (unpaired) electrons. The molecule has 0 aromatic carbocycles. The van der Waals surface area contributed by atoms with Crippen LogP contribution < -0.4 is 5.32 Å². The maximum Gasteiger partial charge on any atom is 0.405 e. The minimum atomic E-state index is -1.21. The number of hydrogen-bond acceptors (Lipinski definition) is 2. The number of amides is 1. The molecular formula is C6H9NO3. The van der Waals surface area contributed by atoms with Crippen LogP contribution in [0.3, 0.4) is 0 Å². The number of carboxylic acid groups (broad SMARTS) is 1. The highest BCUT2D eigenvalue weighted by molar-refractivity contribution is 5.95. The Morgan fingerprint density at radius 2 is 2.20 bits per heavy atom. The molecule has 0 rings (SSSR count). The van der Waals surface area contributed by atoms with Crippen molar-refractivity contribution >= 4 is 11.9 Å². The van der Waals surface area contributed by atoms with Crippen molar-refractivity contribution in [2.24, 2.45) is 0 Å². The molecule has 0 saturated carbocycles. The molecule has 2 N–H and O–H groups in total. The van der Waals surface area contributed by atoms with Gasteiger partial charge >= 0.3 is 6.09 Å². The van der Waals surface area contributed by atoms with Crippen LogP contribution in [0.1, 0.15) is 6.92 Å². The van der Waals surface area contributed by atoms with Crippen molar-refractivity contribution in [1.29, 1.82) is 0 Å². The van der Waals surface area contributed by atoms with Crippen LogP contribution in [0.5, 0.6) is 0 Å². The van der Waals surface area contributed by atoms with Gasteiger partial charge in [0, 0.05) is 0 Å². The van der Waals surface area contributed by atoms with E-state index in [9.17, 15) is 9.59 Å². The van der Waals surface area contributed by atoms with Crippen molar-refractivity contribution < 1.29 is 14.7 Å².